The fourth-order valence-electron chi connectivity index (χ4n) is 4.49. The monoisotopic (exact) mass is 463 g/mol. The van der Waals surface area contributed by atoms with E-state index in [1.54, 1.807) is 13.2 Å². The SMILES string of the molecule is COc1ccccc1C1c2cccn2CCN1C(=O)CN(C(=O)c1cccc(F)c1)C(C)(C)C. The van der Waals surface area contributed by atoms with E-state index in [1.807, 2.05) is 68.3 Å². The van der Waals surface area contributed by atoms with Gasteiger partial charge < -0.3 is 19.1 Å². The molecule has 0 bridgehead atoms. The zero-order valence-corrected chi connectivity index (χ0v) is 20.0. The second-order valence-corrected chi connectivity index (χ2v) is 9.43. The maximum absolute atomic E-state index is 13.8. The molecule has 2 amide bonds. The lowest BCUT2D eigenvalue weighted by atomic mass is 9.98. The molecule has 1 aliphatic rings. The lowest BCUT2D eigenvalue weighted by molar-refractivity contribution is -0.135. The number of nitrogens with zero attached hydrogens (tertiary/aromatic N) is 3. The van der Waals surface area contributed by atoms with E-state index >= 15 is 0 Å². The number of methoxy groups -OCH3 is 1. The lowest BCUT2D eigenvalue weighted by Crippen LogP contribution is -2.53. The Labute approximate surface area is 199 Å². The molecule has 1 unspecified atom stereocenters. The molecule has 0 N–H and O–H groups in total. The van der Waals surface area contributed by atoms with Gasteiger partial charge in [-0.05, 0) is 57.2 Å². The molecule has 7 heteroatoms. The van der Waals surface area contributed by atoms with Crippen LogP contribution in [0.15, 0.2) is 66.9 Å². The van der Waals surface area contributed by atoms with Crippen molar-refractivity contribution < 1.29 is 18.7 Å². The smallest absolute Gasteiger partial charge is 0.254 e. The predicted octanol–water partition coefficient (Wildman–Crippen LogP) is 4.51. The normalized spacial score (nSPS) is 15.6. The summed E-state index contributed by atoms with van der Waals surface area (Å²) in [6.07, 6.45) is 2.01. The number of benzene rings is 2. The van der Waals surface area contributed by atoms with Crippen molar-refractivity contribution in [1.29, 1.82) is 0 Å². The third-order valence-corrected chi connectivity index (χ3v) is 6.21. The topological polar surface area (TPSA) is 54.8 Å². The van der Waals surface area contributed by atoms with Crippen LogP contribution < -0.4 is 4.74 Å². The van der Waals surface area contributed by atoms with E-state index in [1.165, 1.54) is 23.1 Å². The molecule has 3 aromatic rings. The summed E-state index contributed by atoms with van der Waals surface area (Å²) in [5.41, 5.74) is 1.45. The zero-order chi connectivity index (χ0) is 24.5. The number of aromatic nitrogens is 1. The summed E-state index contributed by atoms with van der Waals surface area (Å²) in [6.45, 7) is 6.65. The Kier molecular flexibility index (Phi) is 6.46. The number of hydrogen-bond donors (Lipinski definition) is 0. The molecule has 178 valence electrons. The quantitative estimate of drug-likeness (QED) is 0.560. The van der Waals surface area contributed by atoms with Crippen molar-refractivity contribution in [3.8, 4) is 5.75 Å². The van der Waals surface area contributed by atoms with Crippen molar-refractivity contribution in [3.05, 3.63) is 89.5 Å². The van der Waals surface area contributed by atoms with Crippen LogP contribution in [0.3, 0.4) is 0 Å². The van der Waals surface area contributed by atoms with Gasteiger partial charge in [-0.1, -0.05) is 24.3 Å². The van der Waals surface area contributed by atoms with Crippen LogP contribution in [-0.2, 0) is 11.3 Å². The molecular weight excluding hydrogens is 433 g/mol. The number of para-hydroxylation sites is 1. The van der Waals surface area contributed by atoms with Crippen LogP contribution in [0, 0.1) is 5.82 Å². The minimum absolute atomic E-state index is 0.120. The van der Waals surface area contributed by atoms with Crippen molar-refractivity contribution >= 4 is 11.8 Å². The number of ether oxygens (including phenoxy) is 1. The van der Waals surface area contributed by atoms with Gasteiger partial charge in [0.25, 0.3) is 5.91 Å². The Morgan fingerprint density at radius 1 is 1.06 bits per heavy atom. The zero-order valence-electron chi connectivity index (χ0n) is 20.0. The Hall–Kier alpha value is -3.61. The van der Waals surface area contributed by atoms with E-state index in [2.05, 4.69) is 4.57 Å². The van der Waals surface area contributed by atoms with Gasteiger partial charge in [-0.2, -0.15) is 0 Å². The van der Waals surface area contributed by atoms with Gasteiger partial charge in [0.15, 0.2) is 0 Å². The van der Waals surface area contributed by atoms with Crippen LogP contribution in [0.4, 0.5) is 4.39 Å². The molecule has 0 fully saturated rings. The summed E-state index contributed by atoms with van der Waals surface area (Å²) in [6, 6.07) is 16.9. The van der Waals surface area contributed by atoms with Crippen molar-refractivity contribution in [2.24, 2.45) is 0 Å². The fraction of sp³-hybridized carbons (Fsp3) is 0.333. The Morgan fingerprint density at radius 2 is 1.82 bits per heavy atom. The summed E-state index contributed by atoms with van der Waals surface area (Å²) >= 11 is 0. The van der Waals surface area contributed by atoms with Crippen molar-refractivity contribution in [1.82, 2.24) is 14.4 Å². The number of amides is 2. The summed E-state index contributed by atoms with van der Waals surface area (Å²) < 4.78 is 21.6. The molecule has 34 heavy (non-hydrogen) atoms. The minimum atomic E-state index is -0.644. The number of halogens is 1. The van der Waals surface area contributed by atoms with Crippen LogP contribution in [0.2, 0.25) is 0 Å². The first-order valence-corrected chi connectivity index (χ1v) is 11.4. The molecule has 0 aliphatic carbocycles. The van der Waals surface area contributed by atoms with Gasteiger partial charge >= 0.3 is 0 Å². The third kappa shape index (κ3) is 4.55. The van der Waals surface area contributed by atoms with Crippen molar-refractivity contribution in [3.63, 3.8) is 0 Å². The van der Waals surface area contributed by atoms with E-state index in [4.69, 9.17) is 4.74 Å². The largest absolute Gasteiger partial charge is 0.496 e. The van der Waals surface area contributed by atoms with Crippen molar-refractivity contribution in [2.75, 3.05) is 20.2 Å². The summed E-state index contributed by atoms with van der Waals surface area (Å²) in [7, 11) is 1.62. The minimum Gasteiger partial charge on any atom is -0.496 e. The van der Waals surface area contributed by atoms with E-state index < -0.39 is 11.4 Å². The molecule has 6 nitrogen and oxygen atoms in total. The van der Waals surface area contributed by atoms with E-state index in [0.717, 1.165) is 11.3 Å². The highest BCUT2D eigenvalue weighted by Gasteiger charge is 2.37. The molecule has 4 rings (SSSR count). The molecular formula is C27H30FN3O3. The number of hydrogen-bond acceptors (Lipinski definition) is 3. The molecule has 0 saturated heterocycles. The summed E-state index contributed by atoms with van der Waals surface area (Å²) in [4.78, 5) is 30.4. The second kappa shape index (κ2) is 9.33. The van der Waals surface area contributed by atoms with Crippen molar-refractivity contribution in [2.45, 2.75) is 38.9 Å². The maximum atomic E-state index is 13.8. The average Bonchev–Trinajstić information content (AvgIpc) is 3.29. The molecule has 1 aromatic heterocycles. The van der Waals surface area contributed by atoms with Gasteiger partial charge in [-0.25, -0.2) is 4.39 Å². The molecule has 0 radical (unpaired) electrons. The molecule has 0 saturated carbocycles. The Morgan fingerprint density at radius 3 is 2.53 bits per heavy atom. The highest BCUT2D eigenvalue weighted by molar-refractivity contribution is 5.97. The maximum Gasteiger partial charge on any atom is 0.254 e. The Bertz CT molecular complexity index is 1200. The van der Waals surface area contributed by atoms with Gasteiger partial charge in [0.2, 0.25) is 5.91 Å². The fourth-order valence-corrected chi connectivity index (χ4v) is 4.49. The standard InChI is InChI=1S/C27H30FN3O3/c1-27(2,3)31(26(33)19-9-7-10-20(28)17-19)18-24(32)30-16-15-29-14-8-12-22(29)25(30)21-11-5-6-13-23(21)34-4/h5-14,17,25H,15-16,18H2,1-4H3. The predicted molar refractivity (Wildman–Crippen MR) is 128 cm³/mol. The van der Waals surface area contributed by atoms with Crippen LogP contribution in [0.1, 0.15) is 48.4 Å². The number of rotatable bonds is 5. The third-order valence-electron chi connectivity index (χ3n) is 6.21. The first-order valence-electron chi connectivity index (χ1n) is 11.4. The molecule has 1 aliphatic heterocycles. The molecule has 0 spiro atoms. The van der Waals surface area contributed by atoms with Gasteiger partial charge in [-0.15, -0.1) is 0 Å². The van der Waals surface area contributed by atoms with Crippen LogP contribution in [0.25, 0.3) is 0 Å². The number of carbonyl (C=O) groups is 2. The first-order chi connectivity index (χ1) is 16.2. The first kappa shape index (κ1) is 23.5. The highest BCUT2D eigenvalue weighted by atomic mass is 19.1. The lowest BCUT2D eigenvalue weighted by Gasteiger charge is -2.41. The van der Waals surface area contributed by atoms with Crippen LogP contribution in [-0.4, -0.2) is 51.9 Å². The highest BCUT2D eigenvalue weighted by Crippen LogP contribution is 2.37. The molecule has 2 heterocycles. The molecule has 1 atom stereocenters. The Balaban J connectivity index is 1.69. The summed E-state index contributed by atoms with van der Waals surface area (Å²) in [5.74, 6) is -0.347. The average molecular weight is 464 g/mol. The van der Waals surface area contributed by atoms with Crippen LogP contribution >= 0.6 is 0 Å². The summed E-state index contributed by atoms with van der Waals surface area (Å²) in [5, 5.41) is 0. The van der Waals surface area contributed by atoms with E-state index in [9.17, 15) is 14.0 Å². The second-order valence-electron chi connectivity index (χ2n) is 9.43. The van der Waals surface area contributed by atoms with Gasteiger partial charge in [0.1, 0.15) is 24.2 Å². The van der Waals surface area contributed by atoms with Crippen LogP contribution in [0.5, 0.6) is 5.75 Å². The van der Waals surface area contributed by atoms with E-state index in [-0.39, 0.29) is 30.0 Å². The van der Waals surface area contributed by atoms with E-state index in [0.29, 0.717) is 18.8 Å². The number of carbonyl (C=O) groups excluding carboxylic acids is 2. The van der Waals surface area contributed by atoms with Gasteiger partial charge in [0, 0.05) is 41.6 Å². The number of fused-ring (bicyclic) bond motifs is 1. The molecule has 2 aromatic carbocycles. The van der Waals surface area contributed by atoms with Gasteiger partial charge in [0.05, 0.1) is 7.11 Å². The van der Waals surface area contributed by atoms with Gasteiger partial charge in [-0.3, -0.25) is 9.59 Å².